The van der Waals surface area contributed by atoms with Gasteiger partial charge in [-0.25, -0.2) is 15.0 Å². The normalized spacial score (nSPS) is 14.1. The molecule has 4 rings (SSSR count). The average Bonchev–Trinajstić information content (AvgIpc) is 2.81. The van der Waals surface area contributed by atoms with Crippen LogP contribution in [0.5, 0.6) is 11.6 Å². The molecule has 0 aliphatic carbocycles. The summed E-state index contributed by atoms with van der Waals surface area (Å²) in [7, 11) is 1.59. The predicted octanol–water partition coefficient (Wildman–Crippen LogP) is 3.57. The highest BCUT2D eigenvalue weighted by molar-refractivity contribution is 5.64. The van der Waals surface area contributed by atoms with E-state index in [1.54, 1.807) is 19.5 Å². The fraction of sp³-hybridized carbons (Fsp3) is 0.304. The minimum absolute atomic E-state index is 0.0838. The van der Waals surface area contributed by atoms with Gasteiger partial charge in [-0.3, -0.25) is 0 Å². The molecule has 7 heteroatoms. The Morgan fingerprint density at radius 2 is 2.00 bits per heavy atom. The van der Waals surface area contributed by atoms with Crippen molar-refractivity contribution in [2.45, 2.75) is 25.4 Å². The molecule has 1 aromatic carbocycles. The van der Waals surface area contributed by atoms with Crippen LogP contribution in [0.4, 0.5) is 0 Å². The van der Waals surface area contributed by atoms with Crippen molar-refractivity contribution in [1.29, 1.82) is 5.26 Å². The number of aromatic nitrogens is 3. The van der Waals surface area contributed by atoms with Crippen LogP contribution in [0.25, 0.3) is 11.3 Å². The quantitative estimate of drug-likeness (QED) is 0.622. The highest BCUT2D eigenvalue weighted by atomic mass is 16.5. The van der Waals surface area contributed by atoms with Crippen molar-refractivity contribution in [2.24, 2.45) is 0 Å². The molecule has 3 aromatic rings. The van der Waals surface area contributed by atoms with Crippen LogP contribution in [0.2, 0.25) is 0 Å². The molecule has 1 aliphatic rings. The molecule has 1 fully saturated rings. The molecular weight excluding hydrogens is 380 g/mol. The molecule has 30 heavy (non-hydrogen) atoms. The van der Waals surface area contributed by atoms with Gasteiger partial charge in [-0.1, -0.05) is 6.07 Å². The average molecular weight is 402 g/mol. The van der Waals surface area contributed by atoms with Gasteiger partial charge < -0.3 is 14.2 Å². The smallest absolute Gasteiger partial charge is 0.212 e. The summed E-state index contributed by atoms with van der Waals surface area (Å²) in [5.74, 6) is 1.85. The van der Waals surface area contributed by atoms with Gasteiger partial charge in [0.05, 0.1) is 31.6 Å². The van der Waals surface area contributed by atoms with Crippen LogP contribution in [-0.4, -0.2) is 41.4 Å². The highest BCUT2D eigenvalue weighted by Gasteiger charge is 2.17. The number of pyridine rings is 1. The van der Waals surface area contributed by atoms with Crippen LogP contribution in [0.15, 0.2) is 48.8 Å². The summed E-state index contributed by atoms with van der Waals surface area (Å²) >= 11 is 0. The maximum Gasteiger partial charge on any atom is 0.212 e. The van der Waals surface area contributed by atoms with Gasteiger partial charge in [0.15, 0.2) is 0 Å². The Bertz CT molecular complexity index is 1040. The summed E-state index contributed by atoms with van der Waals surface area (Å²) in [4.78, 5) is 13.3. The maximum atomic E-state index is 9.61. The first kappa shape index (κ1) is 19.8. The summed E-state index contributed by atoms with van der Waals surface area (Å²) in [6, 6.07) is 13.4. The number of benzene rings is 1. The molecule has 0 bridgehead atoms. The van der Waals surface area contributed by atoms with Crippen molar-refractivity contribution in [1.82, 2.24) is 15.0 Å². The predicted molar refractivity (Wildman–Crippen MR) is 110 cm³/mol. The Hall–Kier alpha value is -3.50. The third-order valence-electron chi connectivity index (χ3n) is 4.93. The molecule has 152 valence electrons. The van der Waals surface area contributed by atoms with Gasteiger partial charge in [-0.2, -0.15) is 5.26 Å². The Labute approximate surface area is 175 Å². The largest absolute Gasteiger partial charge is 0.489 e. The van der Waals surface area contributed by atoms with E-state index < -0.39 is 0 Å². The molecule has 0 unspecified atom stereocenters. The molecule has 1 saturated heterocycles. The zero-order chi connectivity index (χ0) is 20.8. The van der Waals surface area contributed by atoms with E-state index in [2.05, 4.69) is 21.0 Å². The molecule has 1 aliphatic heterocycles. The molecule has 7 nitrogen and oxygen atoms in total. The summed E-state index contributed by atoms with van der Waals surface area (Å²) in [6.07, 6.45) is 5.80. The Morgan fingerprint density at radius 3 is 2.73 bits per heavy atom. The standard InChI is InChI=1S/C23H22N4O3/c1-28-23-5-2-16(15-26-23)12-22-25-9-6-20(27-22)17-3-4-21(18(13-17)14-24)30-19-7-10-29-11-8-19/h2-6,9,13,15,19H,7-8,10-12H2,1H3. The van der Waals surface area contributed by atoms with E-state index >= 15 is 0 Å². The van der Waals surface area contributed by atoms with Crippen molar-refractivity contribution in [3.05, 3.63) is 65.7 Å². The molecule has 0 spiro atoms. The van der Waals surface area contributed by atoms with Crippen molar-refractivity contribution >= 4 is 0 Å². The SMILES string of the molecule is COc1ccc(Cc2nccc(-c3ccc(OC4CCOCC4)c(C#N)c3)n2)cn1. The second-order valence-electron chi connectivity index (χ2n) is 7.00. The van der Waals surface area contributed by atoms with Gasteiger partial charge in [-0.15, -0.1) is 0 Å². The minimum Gasteiger partial charge on any atom is -0.489 e. The van der Waals surface area contributed by atoms with Gasteiger partial charge in [0.1, 0.15) is 23.7 Å². The van der Waals surface area contributed by atoms with Gasteiger partial charge in [0.2, 0.25) is 5.88 Å². The zero-order valence-electron chi connectivity index (χ0n) is 16.7. The lowest BCUT2D eigenvalue weighted by molar-refractivity contribution is 0.0254. The summed E-state index contributed by atoms with van der Waals surface area (Å²) in [6.45, 7) is 1.39. The molecule has 2 aromatic heterocycles. The van der Waals surface area contributed by atoms with Crippen LogP contribution in [0.3, 0.4) is 0 Å². The third kappa shape index (κ3) is 4.73. The highest BCUT2D eigenvalue weighted by Crippen LogP contribution is 2.27. The van der Waals surface area contributed by atoms with Crippen LogP contribution >= 0.6 is 0 Å². The van der Waals surface area contributed by atoms with Gasteiger partial charge in [-0.05, 0) is 29.8 Å². The summed E-state index contributed by atoms with van der Waals surface area (Å²) in [5, 5.41) is 9.61. The Balaban J connectivity index is 1.53. The maximum absolute atomic E-state index is 9.61. The summed E-state index contributed by atoms with van der Waals surface area (Å²) < 4.78 is 16.5. The number of methoxy groups -OCH3 is 1. The second kappa shape index (κ2) is 9.33. The molecular formula is C23H22N4O3. The Morgan fingerprint density at radius 1 is 1.13 bits per heavy atom. The first-order valence-electron chi connectivity index (χ1n) is 9.85. The lowest BCUT2D eigenvalue weighted by Gasteiger charge is -2.23. The van der Waals surface area contributed by atoms with E-state index in [9.17, 15) is 5.26 Å². The van der Waals surface area contributed by atoms with E-state index in [1.165, 1.54) is 0 Å². The fourth-order valence-electron chi connectivity index (χ4n) is 3.32. The van der Waals surface area contributed by atoms with Crippen LogP contribution in [0.1, 0.15) is 29.8 Å². The molecule has 0 radical (unpaired) electrons. The fourth-order valence-corrected chi connectivity index (χ4v) is 3.32. The van der Waals surface area contributed by atoms with Crippen LogP contribution in [0, 0.1) is 11.3 Å². The Kier molecular flexibility index (Phi) is 6.16. The first-order valence-corrected chi connectivity index (χ1v) is 9.85. The second-order valence-corrected chi connectivity index (χ2v) is 7.00. The number of ether oxygens (including phenoxy) is 3. The van der Waals surface area contributed by atoms with E-state index in [0.717, 1.165) is 29.7 Å². The summed E-state index contributed by atoms with van der Waals surface area (Å²) in [5.41, 5.74) is 3.10. The number of hydrogen-bond acceptors (Lipinski definition) is 7. The zero-order valence-corrected chi connectivity index (χ0v) is 16.7. The van der Waals surface area contributed by atoms with Gasteiger partial charge >= 0.3 is 0 Å². The van der Waals surface area contributed by atoms with E-state index in [4.69, 9.17) is 14.2 Å². The number of rotatable bonds is 6. The van der Waals surface area contributed by atoms with Crippen LogP contribution in [-0.2, 0) is 11.2 Å². The topological polar surface area (TPSA) is 90.2 Å². The van der Waals surface area contributed by atoms with E-state index in [0.29, 0.717) is 42.7 Å². The number of nitriles is 1. The van der Waals surface area contributed by atoms with Gasteiger partial charge in [0, 0.05) is 43.3 Å². The van der Waals surface area contributed by atoms with Crippen LogP contribution < -0.4 is 9.47 Å². The molecule has 0 amide bonds. The lowest BCUT2D eigenvalue weighted by atomic mass is 10.1. The van der Waals surface area contributed by atoms with Gasteiger partial charge in [0.25, 0.3) is 0 Å². The third-order valence-corrected chi connectivity index (χ3v) is 4.93. The van der Waals surface area contributed by atoms with Crippen molar-refractivity contribution in [3.8, 4) is 29.0 Å². The lowest BCUT2D eigenvalue weighted by Crippen LogP contribution is -2.26. The molecule has 0 atom stereocenters. The van der Waals surface area contributed by atoms with Crippen molar-refractivity contribution in [3.63, 3.8) is 0 Å². The van der Waals surface area contributed by atoms with Crippen molar-refractivity contribution < 1.29 is 14.2 Å². The van der Waals surface area contributed by atoms with E-state index in [1.807, 2.05) is 36.4 Å². The molecule has 3 heterocycles. The number of nitrogens with zero attached hydrogens (tertiary/aromatic N) is 4. The molecule has 0 N–H and O–H groups in total. The first-order chi connectivity index (χ1) is 14.7. The number of hydrogen-bond donors (Lipinski definition) is 0. The van der Waals surface area contributed by atoms with E-state index in [-0.39, 0.29) is 6.10 Å². The monoisotopic (exact) mass is 402 g/mol. The molecule has 0 saturated carbocycles. The minimum atomic E-state index is 0.0838. The van der Waals surface area contributed by atoms with Crippen molar-refractivity contribution in [2.75, 3.05) is 20.3 Å².